The van der Waals surface area contributed by atoms with Gasteiger partial charge in [0.2, 0.25) is 0 Å². The number of hydrogen-bond donors (Lipinski definition) is 1. The molecule has 0 aromatic carbocycles. The average molecular weight is 255 g/mol. The molecule has 1 N–H and O–H groups in total. The van der Waals surface area contributed by atoms with E-state index in [2.05, 4.69) is 10.3 Å². The Bertz CT molecular complexity index is 497. The lowest BCUT2D eigenvalue weighted by molar-refractivity contribution is 0.462. The van der Waals surface area contributed by atoms with Crippen molar-refractivity contribution in [1.82, 2.24) is 9.29 Å². The Balaban J connectivity index is 2.37. The Morgan fingerprint density at radius 1 is 1.53 bits per heavy atom. The van der Waals surface area contributed by atoms with Gasteiger partial charge < -0.3 is 5.32 Å². The number of aromatic nitrogens is 1. The molecule has 0 bridgehead atoms. The SMILES string of the molecule is CCNc1cccnc1S(=O)(=O)N(C)C1CC1. The topological polar surface area (TPSA) is 62.3 Å². The Morgan fingerprint density at radius 3 is 2.82 bits per heavy atom. The zero-order valence-corrected chi connectivity index (χ0v) is 10.9. The fraction of sp³-hybridized carbons (Fsp3) is 0.545. The van der Waals surface area contributed by atoms with Gasteiger partial charge in [0, 0.05) is 25.8 Å². The lowest BCUT2D eigenvalue weighted by atomic mass is 10.4. The standard InChI is InChI=1S/C11H17N3O2S/c1-3-12-10-5-4-8-13-11(10)17(15,16)14(2)9-6-7-9/h4-5,8-9,12H,3,6-7H2,1-2H3. The van der Waals surface area contributed by atoms with Gasteiger partial charge in [-0.1, -0.05) is 0 Å². The van der Waals surface area contributed by atoms with E-state index in [1.807, 2.05) is 6.92 Å². The molecule has 1 aliphatic carbocycles. The van der Waals surface area contributed by atoms with Gasteiger partial charge in [0.05, 0.1) is 5.69 Å². The summed E-state index contributed by atoms with van der Waals surface area (Å²) in [5.74, 6) is 0. The molecule has 0 spiro atoms. The van der Waals surface area contributed by atoms with Crippen molar-refractivity contribution in [3.63, 3.8) is 0 Å². The normalized spacial score (nSPS) is 16.2. The smallest absolute Gasteiger partial charge is 0.262 e. The van der Waals surface area contributed by atoms with E-state index in [1.54, 1.807) is 19.2 Å². The van der Waals surface area contributed by atoms with Crippen LogP contribution in [0.3, 0.4) is 0 Å². The summed E-state index contributed by atoms with van der Waals surface area (Å²) in [7, 11) is -1.85. The molecule has 1 heterocycles. The highest BCUT2D eigenvalue weighted by Gasteiger charge is 2.36. The minimum atomic E-state index is -3.47. The molecule has 94 valence electrons. The van der Waals surface area contributed by atoms with Gasteiger partial charge in [-0.15, -0.1) is 0 Å². The Labute approximate surface area is 102 Å². The van der Waals surface area contributed by atoms with Gasteiger partial charge in [0.1, 0.15) is 0 Å². The summed E-state index contributed by atoms with van der Waals surface area (Å²) in [6.07, 6.45) is 3.40. The lowest BCUT2D eigenvalue weighted by Gasteiger charge is -2.17. The minimum absolute atomic E-state index is 0.122. The molecule has 0 atom stereocenters. The van der Waals surface area contributed by atoms with Gasteiger partial charge in [-0.25, -0.2) is 13.4 Å². The molecule has 0 amide bonds. The van der Waals surface area contributed by atoms with Crippen molar-refractivity contribution in [2.75, 3.05) is 18.9 Å². The highest BCUT2D eigenvalue weighted by atomic mass is 32.2. The van der Waals surface area contributed by atoms with E-state index < -0.39 is 10.0 Å². The van der Waals surface area contributed by atoms with Crippen molar-refractivity contribution in [1.29, 1.82) is 0 Å². The molecule has 5 nitrogen and oxygen atoms in total. The van der Waals surface area contributed by atoms with Gasteiger partial charge >= 0.3 is 0 Å². The van der Waals surface area contributed by atoms with E-state index in [0.717, 1.165) is 12.8 Å². The summed E-state index contributed by atoms with van der Waals surface area (Å²) in [5.41, 5.74) is 0.572. The fourth-order valence-corrected chi connectivity index (χ4v) is 3.18. The lowest BCUT2D eigenvalue weighted by Crippen LogP contribution is -2.30. The number of nitrogens with one attached hydrogen (secondary N) is 1. The maximum absolute atomic E-state index is 12.3. The summed E-state index contributed by atoms with van der Waals surface area (Å²) in [5, 5.41) is 3.15. The van der Waals surface area contributed by atoms with Crippen LogP contribution in [-0.4, -0.2) is 37.3 Å². The molecule has 1 aromatic rings. The third-order valence-corrected chi connectivity index (χ3v) is 4.69. The van der Waals surface area contributed by atoms with Gasteiger partial charge in [0.25, 0.3) is 10.0 Å². The zero-order chi connectivity index (χ0) is 12.5. The van der Waals surface area contributed by atoms with Crippen LogP contribution in [0.2, 0.25) is 0 Å². The van der Waals surface area contributed by atoms with Crippen LogP contribution in [0.5, 0.6) is 0 Å². The predicted octanol–water partition coefficient (Wildman–Crippen LogP) is 1.30. The molecule has 6 heteroatoms. The molecule has 1 aromatic heterocycles. The van der Waals surface area contributed by atoms with E-state index in [4.69, 9.17) is 0 Å². The van der Waals surface area contributed by atoms with Crippen molar-refractivity contribution < 1.29 is 8.42 Å². The van der Waals surface area contributed by atoms with Crippen molar-refractivity contribution in [3.05, 3.63) is 18.3 Å². The predicted molar refractivity (Wildman–Crippen MR) is 66.4 cm³/mol. The second kappa shape index (κ2) is 4.62. The Hall–Kier alpha value is -1.14. The van der Waals surface area contributed by atoms with E-state index in [0.29, 0.717) is 12.2 Å². The molecule has 1 aliphatic rings. The van der Waals surface area contributed by atoms with Gasteiger partial charge in [-0.3, -0.25) is 0 Å². The Kier molecular flexibility index (Phi) is 3.35. The van der Waals surface area contributed by atoms with Crippen molar-refractivity contribution in [2.24, 2.45) is 0 Å². The number of rotatable bonds is 5. The van der Waals surface area contributed by atoms with E-state index in [1.165, 1.54) is 10.5 Å². The van der Waals surface area contributed by atoms with Gasteiger partial charge in [-0.2, -0.15) is 4.31 Å². The fourth-order valence-electron chi connectivity index (χ4n) is 1.69. The first-order valence-electron chi connectivity index (χ1n) is 5.74. The van der Waals surface area contributed by atoms with Crippen LogP contribution in [0.15, 0.2) is 23.4 Å². The molecule has 1 fully saturated rings. The highest BCUT2D eigenvalue weighted by Crippen LogP contribution is 2.31. The summed E-state index contributed by atoms with van der Waals surface area (Å²) >= 11 is 0. The molecular formula is C11H17N3O2S. The second-order valence-corrected chi connectivity index (χ2v) is 6.05. The number of anilines is 1. The van der Waals surface area contributed by atoms with Crippen molar-refractivity contribution >= 4 is 15.7 Å². The molecule has 0 aliphatic heterocycles. The van der Waals surface area contributed by atoms with E-state index in [9.17, 15) is 8.42 Å². The number of nitrogens with zero attached hydrogens (tertiary/aromatic N) is 2. The number of hydrogen-bond acceptors (Lipinski definition) is 4. The van der Waals surface area contributed by atoms with E-state index in [-0.39, 0.29) is 11.1 Å². The van der Waals surface area contributed by atoms with Gasteiger partial charge in [0.15, 0.2) is 5.03 Å². The van der Waals surface area contributed by atoms with Crippen molar-refractivity contribution in [2.45, 2.75) is 30.8 Å². The quantitative estimate of drug-likeness (QED) is 0.861. The number of sulfonamides is 1. The van der Waals surface area contributed by atoms with Crippen LogP contribution in [0.4, 0.5) is 5.69 Å². The summed E-state index contributed by atoms with van der Waals surface area (Å²) in [6.45, 7) is 2.59. The number of pyridine rings is 1. The third kappa shape index (κ3) is 2.42. The maximum atomic E-state index is 12.3. The summed E-state index contributed by atoms with van der Waals surface area (Å²) < 4.78 is 26.1. The molecule has 2 rings (SSSR count). The maximum Gasteiger partial charge on any atom is 0.262 e. The second-order valence-electron chi connectivity index (χ2n) is 4.14. The third-order valence-electron chi connectivity index (χ3n) is 2.82. The monoisotopic (exact) mass is 255 g/mol. The first-order valence-corrected chi connectivity index (χ1v) is 7.18. The molecule has 1 saturated carbocycles. The van der Waals surface area contributed by atoms with Crippen LogP contribution >= 0.6 is 0 Å². The first kappa shape index (κ1) is 12.3. The zero-order valence-electron chi connectivity index (χ0n) is 10.0. The first-order chi connectivity index (χ1) is 8.07. The minimum Gasteiger partial charge on any atom is -0.383 e. The van der Waals surface area contributed by atoms with Crippen LogP contribution < -0.4 is 5.32 Å². The average Bonchev–Trinajstić information content (AvgIpc) is 3.13. The summed E-state index contributed by atoms with van der Waals surface area (Å²) in [4.78, 5) is 4.01. The molecular weight excluding hydrogens is 238 g/mol. The molecule has 0 unspecified atom stereocenters. The van der Waals surface area contributed by atoms with Crippen LogP contribution in [0, 0.1) is 0 Å². The van der Waals surface area contributed by atoms with Crippen LogP contribution in [0.1, 0.15) is 19.8 Å². The molecule has 0 radical (unpaired) electrons. The van der Waals surface area contributed by atoms with Gasteiger partial charge in [-0.05, 0) is 31.9 Å². The Morgan fingerprint density at radius 2 is 2.24 bits per heavy atom. The van der Waals surface area contributed by atoms with Crippen LogP contribution in [-0.2, 0) is 10.0 Å². The highest BCUT2D eigenvalue weighted by molar-refractivity contribution is 7.89. The molecule has 17 heavy (non-hydrogen) atoms. The molecule has 0 saturated heterocycles. The van der Waals surface area contributed by atoms with E-state index >= 15 is 0 Å². The largest absolute Gasteiger partial charge is 0.383 e. The summed E-state index contributed by atoms with van der Waals surface area (Å²) in [6, 6.07) is 3.62. The van der Waals surface area contributed by atoms with Crippen LogP contribution in [0.25, 0.3) is 0 Å². The van der Waals surface area contributed by atoms with Crippen molar-refractivity contribution in [3.8, 4) is 0 Å².